The normalized spacial score (nSPS) is 19.8. The fraction of sp³-hybridized carbons (Fsp3) is 0.500. The highest BCUT2D eigenvalue weighted by Crippen LogP contribution is 2.15. The Hall–Kier alpha value is -1.51. The summed E-state index contributed by atoms with van der Waals surface area (Å²) in [6, 6.07) is 11.0. The molecule has 1 heterocycles. The average molecular weight is 231 g/mol. The van der Waals surface area contributed by atoms with Gasteiger partial charge in [-0.25, -0.2) is 0 Å². The lowest BCUT2D eigenvalue weighted by atomic mass is 10.0. The lowest BCUT2D eigenvalue weighted by Gasteiger charge is -2.28. The number of guanidine groups is 1. The van der Waals surface area contributed by atoms with Crippen molar-refractivity contribution in [3.05, 3.63) is 35.9 Å². The highest BCUT2D eigenvalue weighted by atomic mass is 15.3. The molecule has 17 heavy (non-hydrogen) atoms. The predicted octanol–water partition coefficient (Wildman–Crippen LogP) is 1.88. The van der Waals surface area contributed by atoms with Crippen molar-refractivity contribution in [3.63, 3.8) is 0 Å². The van der Waals surface area contributed by atoms with Crippen molar-refractivity contribution in [1.29, 1.82) is 0 Å². The Morgan fingerprint density at radius 3 is 2.71 bits per heavy atom. The summed E-state index contributed by atoms with van der Waals surface area (Å²) in [5, 5.41) is 0. The van der Waals surface area contributed by atoms with E-state index in [1.54, 1.807) is 0 Å². The van der Waals surface area contributed by atoms with Crippen molar-refractivity contribution in [2.45, 2.75) is 26.3 Å². The molecule has 0 saturated carbocycles. The van der Waals surface area contributed by atoms with E-state index in [1.165, 1.54) is 5.56 Å². The van der Waals surface area contributed by atoms with Crippen LogP contribution in [0.25, 0.3) is 0 Å². The fourth-order valence-corrected chi connectivity index (χ4v) is 2.27. The van der Waals surface area contributed by atoms with Crippen molar-refractivity contribution in [1.82, 2.24) is 4.90 Å². The molecule has 1 aliphatic rings. The summed E-state index contributed by atoms with van der Waals surface area (Å²) < 4.78 is 0. The quantitative estimate of drug-likeness (QED) is 0.859. The molecule has 0 radical (unpaired) electrons. The number of aliphatic imine (C=N–C) groups is 1. The largest absolute Gasteiger partial charge is 0.370 e. The number of hydrogen-bond donors (Lipinski definition) is 1. The third kappa shape index (κ3) is 2.99. The zero-order valence-electron chi connectivity index (χ0n) is 10.6. The van der Waals surface area contributed by atoms with Gasteiger partial charge < -0.3 is 10.6 Å². The number of nitrogens with two attached hydrogens (primary N) is 1. The van der Waals surface area contributed by atoms with Gasteiger partial charge in [-0.1, -0.05) is 44.2 Å². The van der Waals surface area contributed by atoms with Gasteiger partial charge in [0.15, 0.2) is 5.96 Å². The minimum Gasteiger partial charge on any atom is -0.370 e. The van der Waals surface area contributed by atoms with E-state index in [4.69, 9.17) is 5.73 Å². The van der Waals surface area contributed by atoms with E-state index in [1.807, 2.05) is 0 Å². The summed E-state index contributed by atoms with van der Waals surface area (Å²) in [6.07, 6.45) is 1.03. The van der Waals surface area contributed by atoms with Crippen molar-refractivity contribution in [2.75, 3.05) is 13.1 Å². The van der Waals surface area contributed by atoms with Crippen LogP contribution < -0.4 is 5.73 Å². The first-order valence-corrected chi connectivity index (χ1v) is 6.27. The highest BCUT2D eigenvalue weighted by Gasteiger charge is 2.26. The lowest BCUT2D eigenvalue weighted by molar-refractivity contribution is 0.303. The van der Waals surface area contributed by atoms with Crippen LogP contribution in [0.4, 0.5) is 0 Å². The third-order valence-corrected chi connectivity index (χ3v) is 3.08. The molecule has 1 atom stereocenters. The molecule has 2 N–H and O–H groups in total. The van der Waals surface area contributed by atoms with Crippen LogP contribution in [0.2, 0.25) is 0 Å². The van der Waals surface area contributed by atoms with E-state index in [0.717, 1.165) is 19.5 Å². The summed E-state index contributed by atoms with van der Waals surface area (Å²) in [5.74, 6) is 1.32. The van der Waals surface area contributed by atoms with Crippen molar-refractivity contribution < 1.29 is 0 Å². The Bertz CT molecular complexity index is 384. The fourth-order valence-electron chi connectivity index (χ4n) is 2.27. The van der Waals surface area contributed by atoms with Crippen LogP contribution >= 0.6 is 0 Å². The van der Waals surface area contributed by atoms with E-state index in [-0.39, 0.29) is 0 Å². The second kappa shape index (κ2) is 5.21. The van der Waals surface area contributed by atoms with Crippen LogP contribution in [0.15, 0.2) is 35.3 Å². The third-order valence-electron chi connectivity index (χ3n) is 3.08. The Labute approximate surface area is 103 Å². The van der Waals surface area contributed by atoms with E-state index in [0.29, 0.717) is 17.9 Å². The number of rotatable bonds is 4. The van der Waals surface area contributed by atoms with Crippen molar-refractivity contribution in [3.8, 4) is 0 Å². The summed E-state index contributed by atoms with van der Waals surface area (Å²) >= 11 is 0. The zero-order valence-corrected chi connectivity index (χ0v) is 10.6. The molecular formula is C14H21N3. The van der Waals surface area contributed by atoms with Gasteiger partial charge in [0.25, 0.3) is 0 Å². The predicted molar refractivity (Wildman–Crippen MR) is 72.0 cm³/mol. The molecule has 1 unspecified atom stereocenters. The van der Waals surface area contributed by atoms with Gasteiger partial charge in [0.2, 0.25) is 0 Å². The monoisotopic (exact) mass is 231 g/mol. The van der Waals surface area contributed by atoms with Gasteiger partial charge in [0, 0.05) is 6.54 Å². The Morgan fingerprint density at radius 2 is 2.06 bits per heavy atom. The topological polar surface area (TPSA) is 41.6 Å². The van der Waals surface area contributed by atoms with Crippen LogP contribution in [0.3, 0.4) is 0 Å². The molecule has 0 fully saturated rings. The van der Waals surface area contributed by atoms with Gasteiger partial charge in [0.1, 0.15) is 0 Å². The summed E-state index contributed by atoms with van der Waals surface area (Å²) in [6.45, 7) is 6.25. The first kappa shape index (κ1) is 12.0. The molecular weight excluding hydrogens is 210 g/mol. The van der Waals surface area contributed by atoms with Crippen molar-refractivity contribution in [2.24, 2.45) is 16.6 Å². The second-order valence-corrected chi connectivity index (χ2v) is 5.09. The SMILES string of the molecule is CC(C)CN1C(N)=NCC1Cc1ccccc1. The molecule has 0 amide bonds. The second-order valence-electron chi connectivity index (χ2n) is 5.09. The zero-order chi connectivity index (χ0) is 12.3. The molecule has 0 saturated heterocycles. The minimum absolute atomic E-state index is 0.430. The standard InChI is InChI=1S/C14H21N3/c1-11(2)10-17-13(9-16-14(17)15)8-12-6-4-3-5-7-12/h3-7,11,13H,8-10H2,1-2H3,(H2,15,16). The molecule has 1 aromatic carbocycles. The van der Waals surface area contributed by atoms with Crippen LogP contribution in [-0.2, 0) is 6.42 Å². The van der Waals surface area contributed by atoms with E-state index >= 15 is 0 Å². The highest BCUT2D eigenvalue weighted by molar-refractivity contribution is 5.80. The van der Waals surface area contributed by atoms with E-state index < -0.39 is 0 Å². The van der Waals surface area contributed by atoms with Crippen molar-refractivity contribution >= 4 is 5.96 Å². The average Bonchev–Trinajstić information content (AvgIpc) is 2.62. The number of nitrogens with zero attached hydrogens (tertiary/aromatic N) is 2. The Morgan fingerprint density at radius 1 is 1.35 bits per heavy atom. The summed E-state index contributed by atoms with van der Waals surface area (Å²) in [5.41, 5.74) is 7.30. The van der Waals surface area contributed by atoms with Gasteiger partial charge in [-0.3, -0.25) is 4.99 Å². The molecule has 0 spiro atoms. The van der Waals surface area contributed by atoms with Gasteiger partial charge in [-0.05, 0) is 17.9 Å². The summed E-state index contributed by atoms with van der Waals surface area (Å²) in [4.78, 5) is 6.62. The molecule has 0 aromatic heterocycles. The molecule has 92 valence electrons. The first-order chi connectivity index (χ1) is 8.16. The maximum absolute atomic E-state index is 5.95. The maximum Gasteiger partial charge on any atom is 0.191 e. The van der Waals surface area contributed by atoms with Crippen LogP contribution in [0.1, 0.15) is 19.4 Å². The van der Waals surface area contributed by atoms with Gasteiger partial charge in [-0.15, -0.1) is 0 Å². The minimum atomic E-state index is 0.430. The van der Waals surface area contributed by atoms with E-state index in [2.05, 4.69) is 54.1 Å². The maximum atomic E-state index is 5.95. The Kier molecular flexibility index (Phi) is 3.67. The molecule has 0 aliphatic carbocycles. The Balaban J connectivity index is 2.01. The van der Waals surface area contributed by atoms with Crippen LogP contribution in [-0.4, -0.2) is 30.0 Å². The number of hydrogen-bond acceptors (Lipinski definition) is 3. The van der Waals surface area contributed by atoms with Crippen LogP contribution in [0.5, 0.6) is 0 Å². The molecule has 2 rings (SSSR count). The molecule has 1 aliphatic heterocycles. The first-order valence-electron chi connectivity index (χ1n) is 6.27. The smallest absolute Gasteiger partial charge is 0.191 e. The van der Waals surface area contributed by atoms with Gasteiger partial charge in [0.05, 0.1) is 12.6 Å². The number of benzene rings is 1. The lowest BCUT2D eigenvalue weighted by Crippen LogP contribution is -2.43. The summed E-state index contributed by atoms with van der Waals surface area (Å²) in [7, 11) is 0. The molecule has 3 heteroatoms. The van der Waals surface area contributed by atoms with E-state index in [9.17, 15) is 0 Å². The van der Waals surface area contributed by atoms with Crippen LogP contribution in [0, 0.1) is 5.92 Å². The van der Waals surface area contributed by atoms with Gasteiger partial charge in [-0.2, -0.15) is 0 Å². The van der Waals surface area contributed by atoms with Gasteiger partial charge >= 0.3 is 0 Å². The molecule has 3 nitrogen and oxygen atoms in total. The molecule has 1 aromatic rings. The molecule has 0 bridgehead atoms.